The second kappa shape index (κ2) is 5.15. The monoisotopic (exact) mass is 237 g/mol. The highest BCUT2D eigenvalue weighted by Crippen LogP contribution is 2.28. The van der Waals surface area contributed by atoms with E-state index < -0.39 is 5.60 Å². The first-order chi connectivity index (χ1) is 8.09. The topological polar surface area (TPSA) is 32.3 Å². The molecule has 0 atom stereocenters. The summed E-state index contributed by atoms with van der Waals surface area (Å²) >= 11 is 0. The zero-order valence-corrected chi connectivity index (χ0v) is 10.3. The molecule has 1 aromatic carbocycles. The molecule has 0 radical (unpaired) electrons. The number of halogens is 1. The Hall–Kier alpha value is -0.930. The summed E-state index contributed by atoms with van der Waals surface area (Å²) in [6.07, 6.45) is 3.97. The van der Waals surface area contributed by atoms with Gasteiger partial charge in [-0.15, -0.1) is 0 Å². The zero-order chi connectivity index (χ0) is 12.3. The van der Waals surface area contributed by atoms with Gasteiger partial charge in [0.1, 0.15) is 5.82 Å². The Morgan fingerprint density at radius 2 is 2.06 bits per heavy atom. The number of nitrogens with one attached hydrogen (secondary N) is 1. The zero-order valence-electron chi connectivity index (χ0n) is 10.3. The van der Waals surface area contributed by atoms with Crippen molar-refractivity contribution in [3.8, 4) is 0 Å². The summed E-state index contributed by atoms with van der Waals surface area (Å²) in [7, 11) is 0. The van der Waals surface area contributed by atoms with E-state index in [-0.39, 0.29) is 5.82 Å². The van der Waals surface area contributed by atoms with E-state index in [9.17, 15) is 9.50 Å². The van der Waals surface area contributed by atoms with Crippen LogP contribution >= 0.6 is 0 Å². The van der Waals surface area contributed by atoms with Gasteiger partial charge >= 0.3 is 0 Å². The third kappa shape index (κ3) is 3.27. The van der Waals surface area contributed by atoms with Crippen molar-refractivity contribution >= 4 is 0 Å². The van der Waals surface area contributed by atoms with Crippen LogP contribution in [-0.4, -0.2) is 17.3 Å². The fourth-order valence-corrected chi connectivity index (χ4v) is 2.40. The number of rotatable bonds is 4. The van der Waals surface area contributed by atoms with Crippen molar-refractivity contribution in [1.29, 1.82) is 0 Å². The highest BCUT2D eigenvalue weighted by atomic mass is 19.1. The standard InChI is InChI=1S/C14H20FNO/c1-11-4-5-12(8-13(11)15)9-16-10-14(17)6-2-3-7-14/h4-5,8,16-17H,2-3,6-7,9-10H2,1H3. The van der Waals surface area contributed by atoms with E-state index in [1.54, 1.807) is 19.1 Å². The van der Waals surface area contributed by atoms with Gasteiger partial charge in [-0.05, 0) is 37.0 Å². The molecular formula is C14H20FNO. The highest BCUT2D eigenvalue weighted by molar-refractivity contribution is 5.23. The van der Waals surface area contributed by atoms with Crippen LogP contribution in [0.15, 0.2) is 18.2 Å². The van der Waals surface area contributed by atoms with Crippen molar-refractivity contribution in [3.63, 3.8) is 0 Å². The number of hydrogen-bond acceptors (Lipinski definition) is 2. The van der Waals surface area contributed by atoms with Gasteiger partial charge in [-0.2, -0.15) is 0 Å². The SMILES string of the molecule is Cc1ccc(CNCC2(O)CCCC2)cc1F. The molecule has 0 aromatic heterocycles. The lowest BCUT2D eigenvalue weighted by molar-refractivity contribution is 0.0475. The van der Waals surface area contributed by atoms with Crippen molar-refractivity contribution in [2.24, 2.45) is 0 Å². The average Bonchev–Trinajstić information content (AvgIpc) is 2.71. The summed E-state index contributed by atoms with van der Waals surface area (Å²) < 4.78 is 13.3. The van der Waals surface area contributed by atoms with Crippen LogP contribution in [0.5, 0.6) is 0 Å². The van der Waals surface area contributed by atoms with Crippen molar-refractivity contribution in [2.75, 3.05) is 6.54 Å². The average molecular weight is 237 g/mol. The van der Waals surface area contributed by atoms with Crippen molar-refractivity contribution < 1.29 is 9.50 Å². The summed E-state index contributed by atoms with van der Waals surface area (Å²) in [6, 6.07) is 5.27. The summed E-state index contributed by atoms with van der Waals surface area (Å²) in [4.78, 5) is 0. The molecule has 1 aliphatic rings. The van der Waals surface area contributed by atoms with E-state index in [0.29, 0.717) is 18.7 Å². The van der Waals surface area contributed by atoms with Crippen LogP contribution in [0.25, 0.3) is 0 Å². The lowest BCUT2D eigenvalue weighted by Crippen LogP contribution is -2.37. The number of hydrogen-bond donors (Lipinski definition) is 2. The number of aliphatic hydroxyl groups is 1. The number of benzene rings is 1. The van der Waals surface area contributed by atoms with E-state index in [1.165, 1.54) is 0 Å². The lowest BCUT2D eigenvalue weighted by Gasteiger charge is -2.22. The van der Waals surface area contributed by atoms with E-state index in [0.717, 1.165) is 31.2 Å². The van der Waals surface area contributed by atoms with Gasteiger partial charge in [0.25, 0.3) is 0 Å². The molecule has 2 nitrogen and oxygen atoms in total. The maximum absolute atomic E-state index is 13.3. The Balaban J connectivity index is 1.83. The predicted molar refractivity (Wildman–Crippen MR) is 66.3 cm³/mol. The molecule has 94 valence electrons. The van der Waals surface area contributed by atoms with Gasteiger partial charge in [0.15, 0.2) is 0 Å². The molecular weight excluding hydrogens is 217 g/mol. The Labute approximate surface area is 102 Å². The molecule has 1 aromatic rings. The van der Waals surface area contributed by atoms with E-state index in [2.05, 4.69) is 5.32 Å². The first-order valence-corrected chi connectivity index (χ1v) is 6.27. The van der Waals surface area contributed by atoms with Crippen molar-refractivity contribution in [1.82, 2.24) is 5.32 Å². The smallest absolute Gasteiger partial charge is 0.126 e. The molecule has 0 amide bonds. The van der Waals surface area contributed by atoms with Gasteiger partial charge in [-0.3, -0.25) is 0 Å². The quantitative estimate of drug-likeness (QED) is 0.843. The molecule has 0 aliphatic heterocycles. The van der Waals surface area contributed by atoms with Crippen molar-refractivity contribution in [2.45, 2.75) is 44.8 Å². The molecule has 0 heterocycles. The van der Waals surface area contributed by atoms with Gasteiger partial charge in [0.05, 0.1) is 5.60 Å². The van der Waals surface area contributed by atoms with Gasteiger partial charge in [0.2, 0.25) is 0 Å². The first-order valence-electron chi connectivity index (χ1n) is 6.27. The lowest BCUT2D eigenvalue weighted by atomic mass is 10.0. The van der Waals surface area contributed by atoms with Gasteiger partial charge in [-0.1, -0.05) is 25.0 Å². The van der Waals surface area contributed by atoms with Gasteiger partial charge < -0.3 is 10.4 Å². The van der Waals surface area contributed by atoms with Crippen LogP contribution in [0.3, 0.4) is 0 Å². The van der Waals surface area contributed by atoms with Crippen LogP contribution < -0.4 is 5.32 Å². The normalized spacial score (nSPS) is 18.5. The van der Waals surface area contributed by atoms with Gasteiger partial charge in [-0.25, -0.2) is 4.39 Å². The Kier molecular flexibility index (Phi) is 3.79. The third-order valence-corrected chi connectivity index (χ3v) is 3.55. The van der Waals surface area contributed by atoms with Crippen LogP contribution in [-0.2, 0) is 6.54 Å². The molecule has 2 N–H and O–H groups in total. The fourth-order valence-electron chi connectivity index (χ4n) is 2.40. The summed E-state index contributed by atoms with van der Waals surface area (Å²) in [5.41, 5.74) is 1.06. The molecule has 0 saturated heterocycles. The van der Waals surface area contributed by atoms with Crippen LogP contribution in [0.2, 0.25) is 0 Å². The molecule has 1 aliphatic carbocycles. The molecule has 17 heavy (non-hydrogen) atoms. The maximum atomic E-state index is 13.3. The summed E-state index contributed by atoms with van der Waals surface area (Å²) in [5, 5.41) is 13.3. The predicted octanol–water partition coefficient (Wildman–Crippen LogP) is 2.53. The van der Waals surface area contributed by atoms with Crippen LogP contribution in [0, 0.1) is 12.7 Å². The van der Waals surface area contributed by atoms with E-state index in [4.69, 9.17) is 0 Å². The van der Waals surface area contributed by atoms with E-state index >= 15 is 0 Å². The molecule has 0 bridgehead atoms. The van der Waals surface area contributed by atoms with Gasteiger partial charge in [0, 0.05) is 13.1 Å². The maximum Gasteiger partial charge on any atom is 0.126 e. The molecule has 1 saturated carbocycles. The van der Waals surface area contributed by atoms with Crippen molar-refractivity contribution in [3.05, 3.63) is 35.1 Å². The second-order valence-electron chi connectivity index (χ2n) is 5.12. The fraction of sp³-hybridized carbons (Fsp3) is 0.571. The summed E-state index contributed by atoms with van der Waals surface area (Å²) in [6.45, 7) is 2.97. The Morgan fingerprint density at radius 3 is 2.71 bits per heavy atom. The minimum absolute atomic E-state index is 0.163. The van der Waals surface area contributed by atoms with Crippen LogP contribution in [0.4, 0.5) is 4.39 Å². The molecule has 3 heteroatoms. The Morgan fingerprint density at radius 1 is 1.35 bits per heavy atom. The molecule has 0 unspecified atom stereocenters. The highest BCUT2D eigenvalue weighted by Gasteiger charge is 2.30. The second-order valence-corrected chi connectivity index (χ2v) is 5.12. The summed E-state index contributed by atoms with van der Waals surface area (Å²) in [5.74, 6) is -0.163. The number of aryl methyl sites for hydroxylation is 1. The molecule has 1 fully saturated rings. The molecule has 0 spiro atoms. The minimum Gasteiger partial charge on any atom is -0.389 e. The largest absolute Gasteiger partial charge is 0.389 e. The third-order valence-electron chi connectivity index (χ3n) is 3.55. The van der Waals surface area contributed by atoms with Crippen LogP contribution in [0.1, 0.15) is 36.8 Å². The Bertz CT molecular complexity index is 386. The van der Waals surface area contributed by atoms with E-state index in [1.807, 2.05) is 6.07 Å². The minimum atomic E-state index is -0.538. The molecule has 2 rings (SSSR count). The first kappa shape index (κ1) is 12.5.